The Balaban J connectivity index is 1.59. The average molecular weight is 315 g/mol. The highest BCUT2D eigenvalue weighted by molar-refractivity contribution is 7.98. The lowest BCUT2D eigenvalue weighted by Crippen LogP contribution is -2.39. The van der Waals surface area contributed by atoms with E-state index in [0.717, 1.165) is 5.92 Å². The van der Waals surface area contributed by atoms with Crippen molar-refractivity contribution in [1.82, 2.24) is 10.2 Å². The van der Waals surface area contributed by atoms with Crippen molar-refractivity contribution in [2.75, 3.05) is 31.8 Å². The van der Waals surface area contributed by atoms with Gasteiger partial charge in [0.15, 0.2) is 0 Å². The van der Waals surface area contributed by atoms with Gasteiger partial charge in [-0.25, -0.2) is 0 Å². The van der Waals surface area contributed by atoms with Gasteiger partial charge in [-0.2, -0.15) is 0 Å². The summed E-state index contributed by atoms with van der Waals surface area (Å²) >= 11 is 1.93. The zero-order chi connectivity index (χ0) is 15.1. The SMILES string of the molecule is CSCN1CCC(O[C@H]2CC[C@H](CNC(C)C)CC2)CC1. The van der Waals surface area contributed by atoms with Gasteiger partial charge in [-0.1, -0.05) is 13.8 Å². The van der Waals surface area contributed by atoms with E-state index < -0.39 is 0 Å². The first-order valence-corrected chi connectivity index (χ1v) is 10.2. The van der Waals surface area contributed by atoms with Crippen molar-refractivity contribution in [2.45, 2.75) is 70.6 Å². The molecule has 1 aliphatic carbocycles. The molecule has 1 saturated heterocycles. The van der Waals surface area contributed by atoms with Crippen LogP contribution < -0.4 is 5.32 Å². The number of ether oxygens (including phenoxy) is 1. The van der Waals surface area contributed by atoms with Crippen molar-refractivity contribution < 1.29 is 4.74 Å². The highest BCUT2D eigenvalue weighted by atomic mass is 32.2. The van der Waals surface area contributed by atoms with Crippen LogP contribution in [-0.2, 0) is 4.74 Å². The summed E-state index contributed by atoms with van der Waals surface area (Å²) in [5.41, 5.74) is 0. The monoisotopic (exact) mass is 314 g/mol. The lowest BCUT2D eigenvalue weighted by atomic mass is 9.87. The molecule has 0 unspecified atom stereocenters. The Bertz CT molecular complexity index is 272. The minimum Gasteiger partial charge on any atom is -0.375 e. The van der Waals surface area contributed by atoms with Crippen molar-refractivity contribution in [2.24, 2.45) is 5.92 Å². The quantitative estimate of drug-likeness (QED) is 0.779. The van der Waals surface area contributed by atoms with Gasteiger partial charge in [0.2, 0.25) is 0 Å². The molecule has 0 aromatic carbocycles. The zero-order valence-electron chi connectivity index (χ0n) is 14.1. The van der Waals surface area contributed by atoms with Crippen LogP contribution in [0.2, 0.25) is 0 Å². The van der Waals surface area contributed by atoms with E-state index in [0.29, 0.717) is 18.2 Å². The number of likely N-dealkylation sites (tertiary alicyclic amines) is 1. The van der Waals surface area contributed by atoms with Gasteiger partial charge in [0, 0.05) is 25.0 Å². The Morgan fingerprint density at radius 3 is 2.24 bits per heavy atom. The van der Waals surface area contributed by atoms with Crippen LogP contribution in [0.4, 0.5) is 0 Å². The molecule has 0 radical (unpaired) electrons. The van der Waals surface area contributed by atoms with E-state index in [-0.39, 0.29) is 0 Å². The van der Waals surface area contributed by atoms with E-state index in [9.17, 15) is 0 Å². The third-order valence-corrected chi connectivity index (χ3v) is 5.46. The molecule has 0 bridgehead atoms. The number of nitrogens with zero attached hydrogens (tertiary/aromatic N) is 1. The third-order valence-electron chi connectivity index (χ3n) is 4.84. The fourth-order valence-corrected chi connectivity index (χ4v) is 4.13. The average Bonchev–Trinajstić information content (AvgIpc) is 2.49. The van der Waals surface area contributed by atoms with Crippen molar-refractivity contribution >= 4 is 11.8 Å². The molecular weight excluding hydrogens is 280 g/mol. The third kappa shape index (κ3) is 6.47. The lowest BCUT2D eigenvalue weighted by Gasteiger charge is -2.36. The molecule has 21 heavy (non-hydrogen) atoms. The van der Waals surface area contributed by atoms with Gasteiger partial charge >= 0.3 is 0 Å². The maximum absolute atomic E-state index is 6.38. The Kier molecular flexibility index (Phi) is 7.86. The summed E-state index contributed by atoms with van der Waals surface area (Å²) in [5, 5.41) is 3.58. The van der Waals surface area contributed by atoms with Gasteiger partial charge in [-0.15, -0.1) is 11.8 Å². The predicted molar refractivity (Wildman–Crippen MR) is 92.9 cm³/mol. The Morgan fingerprint density at radius 1 is 1.05 bits per heavy atom. The van der Waals surface area contributed by atoms with E-state index in [2.05, 4.69) is 30.3 Å². The molecule has 3 nitrogen and oxygen atoms in total. The first-order chi connectivity index (χ1) is 10.2. The first kappa shape index (κ1) is 17.6. The van der Waals surface area contributed by atoms with Crippen LogP contribution in [0.15, 0.2) is 0 Å². The summed E-state index contributed by atoms with van der Waals surface area (Å²) in [4.78, 5) is 2.55. The minimum absolute atomic E-state index is 0.526. The number of rotatable bonds is 7. The van der Waals surface area contributed by atoms with Crippen LogP contribution in [0.1, 0.15) is 52.4 Å². The van der Waals surface area contributed by atoms with Crippen LogP contribution >= 0.6 is 11.8 Å². The maximum atomic E-state index is 6.38. The first-order valence-electron chi connectivity index (χ1n) is 8.77. The van der Waals surface area contributed by atoms with Gasteiger partial charge < -0.3 is 10.1 Å². The van der Waals surface area contributed by atoms with E-state index >= 15 is 0 Å². The second-order valence-corrected chi connectivity index (χ2v) is 7.91. The molecule has 0 aromatic heterocycles. The summed E-state index contributed by atoms with van der Waals surface area (Å²) in [6.07, 6.45) is 11.0. The summed E-state index contributed by atoms with van der Waals surface area (Å²) in [7, 11) is 0. The lowest BCUT2D eigenvalue weighted by molar-refractivity contribution is -0.0590. The second kappa shape index (κ2) is 9.39. The summed E-state index contributed by atoms with van der Waals surface area (Å²) in [5.74, 6) is 2.05. The topological polar surface area (TPSA) is 24.5 Å². The molecule has 1 N–H and O–H groups in total. The molecule has 0 aromatic rings. The molecule has 1 heterocycles. The molecule has 2 aliphatic rings. The van der Waals surface area contributed by atoms with Crippen molar-refractivity contribution in [3.8, 4) is 0 Å². The fraction of sp³-hybridized carbons (Fsp3) is 1.00. The summed E-state index contributed by atoms with van der Waals surface area (Å²) in [6, 6.07) is 0.616. The van der Waals surface area contributed by atoms with E-state index in [4.69, 9.17) is 4.74 Å². The van der Waals surface area contributed by atoms with Gasteiger partial charge in [0.1, 0.15) is 0 Å². The Hall–Kier alpha value is 0.230. The maximum Gasteiger partial charge on any atom is 0.0603 e. The number of hydrogen-bond donors (Lipinski definition) is 1. The molecular formula is C17H34N2OS. The highest BCUT2D eigenvalue weighted by Gasteiger charge is 2.26. The fourth-order valence-electron chi connectivity index (χ4n) is 3.50. The van der Waals surface area contributed by atoms with E-state index in [1.54, 1.807) is 0 Å². The molecule has 0 amide bonds. The smallest absolute Gasteiger partial charge is 0.0603 e. The van der Waals surface area contributed by atoms with Crippen LogP contribution in [0.3, 0.4) is 0 Å². The van der Waals surface area contributed by atoms with Gasteiger partial charge in [0.05, 0.1) is 12.2 Å². The van der Waals surface area contributed by atoms with Crippen LogP contribution in [0.25, 0.3) is 0 Å². The molecule has 0 atom stereocenters. The predicted octanol–water partition coefficient (Wildman–Crippen LogP) is 3.34. The number of hydrogen-bond acceptors (Lipinski definition) is 4. The second-order valence-electron chi connectivity index (χ2n) is 7.08. The largest absolute Gasteiger partial charge is 0.375 e. The highest BCUT2D eigenvalue weighted by Crippen LogP contribution is 2.28. The number of piperidine rings is 1. The molecule has 1 aliphatic heterocycles. The number of thioether (sulfide) groups is 1. The van der Waals surface area contributed by atoms with Crippen LogP contribution in [0.5, 0.6) is 0 Å². The van der Waals surface area contributed by atoms with Crippen LogP contribution in [0, 0.1) is 5.92 Å². The Morgan fingerprint density at radius 2 is 1.67 bits per heavy atom. The number of nitrogens with one attached hydrogen (secondary N) is 1. The normalized spacial score (nSPS) is 29.1. The van der Waals surface area contributed by atoms with Crippen LogP contribution in [-0.4, -0.2) is 54.9 Å². The Labute approximate surface area is 135 Å². The van der Waals surface area contributed by atoms with Gasteiger partial charge in [0.25, 0.3) is 0 Å². The van der Waals surface area contributed by atoms with Crippen molar-refractivity contribution in [1.29, 1.82) is 0 Å². The van der Waals surface area contributed by atoms with Gasteiger partial charge in [-0.3, -0.25) is 4.90 Å². The standard InChI is InChI=1S/C17H34N2OS/c1-14(2)18-12-15-4-6-16(7-5-15)20-17-8-10-19(11-9-17)13-21-3/h14-18H,4-13H2,1-3H3/t15-,16-. The zero-order valence-corrected chi connectivity index (χ0v) is 15.0. The van der Waals surface area contributed by atoms with Crippen molar-refractivity contribution in [3.05, 3.63) is 0 Å². The van der Waals surface area contributed by atoms with E-state index in [1.807, 2.05) is 11.8 Å². The van der Waals surface area contributed by atoms with E-state index in [1.165, 1.54) is 64.0 Å². The molecule has 2 fully saturated rings. The molecule has 4 heteroatoms. The molecule has 1 saturated carbocycles. The molecule has 124 valence electrons. The van der Waals surface area contributed by atoms with Gasteiger partial charge in [-0.05, 0) is 57.2 Å². The molecule has 0 spiro atoms. The summed E-state index contributed by atoms with van der Waals surface area (Å²) < 4.78 is 6.38. The van der Waals surface area contributed by atoms with Crippen molar-refractivity contribution in [3.63, 3.8) is 0 Å². The molecule has 2 rings (SSSR count). The summed E-state index contributed by atoms with van der Waals surface area (Å²) in [6.45, 7) is 8.10. The minimum atomic E-state index is 0.526.